The normalized spacial score (nSPS) is 19.9. The summed E-state index contributed by atoms with van der Waals surface area (Å²) in [6.45, 7) is 4.72. The molecule has 2 aliphatic rings. The lowest BCUT2D eigenvalue weighted by Crippen LogP contribution is -2.50. The van der Waals surface area contributed by atoms with E-state index in [1.54, 1.807) is 24.2 Å². The maximum absolute atomic E-state index is 11.6. The zero-order valence-corrected chi connectivity index (χ0v) is 11.8. The van der Waals surface area contributed by atoms with E-state index in [1.807, 2.05) is 0 Å². The van der Waals surface area contributed by atoms with Crippen LogP contribution in [0.25, 0.3) is 0 Å². The number of hydrogen-bond donors (Lipinski definition) is 2. The average molecular weight is 294 g/mol. The maximum atomic E-state index is 11.6. The van der Waals surface area contributed by atoms with Gasteiger partial charge in [0.05, 0.1) is 30.0 Å². The van der Waals surface area contributed by atoms with Crippen molar-refractivity contribution in [1.82, 2.24) is 20.5 Å². The van der Waals surface area contributed by atoms with Crippen LogP contribution in [-0.2, 0) is 4.74 Å². The first kappa shape index (κ1) is 14.8. The highest BCUT2D eigenvalue weighted by atomic mass is 16.6. The quantitative estimate of drug-likeness (QED) is 0.573. The molecule has 2 N–H and O–H groups in total. The molecule has 9 heteroatoms. The van der Waals surface area contributed by atoms with Crippen molar-refractivity contribution in [2.45, 2.75) is 6.92 Å². The summed E-state index contributed by atoms with van der Waals surface area (Å²) in [7, 11) is 0. The molecule has 0 unspecified atom stereocenters. The van der Waals surface area contributed by atoms with E-state index in [0.29, 0.717) is 38.5 Å². The van der Waals surface area contributed by atoms with Crippen LogP contribution in [0.1, 0.15) is 6.92 Å². The van der Waals surface area contributed by atoms with Crippen LogP contribution in [-0.4, -0.2) is 54.9 Å². The number of piperazine rings is 1. The SMILES string of the molecule is CCOC(=O)N1CCN(C2=CN=CC(=CNN=O)N2)CC1. The summed E-state index contributed by atoms with van der Waals surface area (Å²) in [6, 6.07) is 0. The Morgan fingerprint density at radius 1 is 1.52 bits per heavy atom. The van der Waals surface area contributed by atoms with Gasteiger partial charge in [-0.15, -0.1) is 4.91 Å². The first-order chi connectivity index (χ1) is 10.2. The Hall–Kier alpha value is -2.58. The number of rotatable bonds is 4. The Labute approximate surface area is 122 Å². The largest absolute Gasteiger partial charge is 0.450 e. The number of aliphatic imine (C=N–C) groups is 1. The number of hydrogen-bond acceptors (Lipinski definition) is 7. The molecule has 0 radical (unpaired) electrons. The van der Waals surface area contributed by atoms with Crippen LogP contribution in [0.15, 0.2) is 34.2 Å². The molecule has 0 spiro atoms. The Morgan fingerprint density at radius 3 is 2.95 bits per heavy atom. The van der Waals surface area contributed by atoms with Crippen LogP contribution in [0.5, 0.6) is 0 Å². The van der Waals surface area contributed by atoms with E-state index < -0.39 is 0 Å². The Kier molecular flexibility index (Phi) is 5.13. The van der Waals surface area contributed by atoms with Crippen LogP contribution in [0.4, 0.5) is 4.79 Å². The van der Waals surface area contributed by atoms with Crippen molar-refractivity contribution in [1.29, 1.82) is 0 Å². The number of allylic oxidation sites excluding steroid dienone is 1. The second-order valence-electron chi connectivity index (χ2n) is 4.41. The van der Waals surface area contributed by atoms with Gasteiger partial charge in [0, 0.05) is 32.4 Å². The topological polar surface area (TPSA) is 98.6 Å². The average Bonchev–Trinajstić information content (AvgIpc) is 2.53. The highest BCUT2D eigenvalue weighted by Gasteiger charge is 2.23. The zero-order chi connectivity index (χ0) is 15.1. The summed E-state index contributed by atoms with van der Waals surface area (Å²) in [5.41, 5.74) is 2.85. The van der Waals surface area contributed by atoms with E-state index in [4.69, 9.17) is 4.74 Å². The summed E-state index contributed by atoms with van der Waals surface area (Å²) >= 11 is 0. The van der Waals surface area contributed by atoms with Gasteiger partial charge in [-0.25, -0.2) is 10.2 Å². The van der Waals surface area contributed by atoms with E-state index in [-0.39, 0.29) is 6.09 Å². The summed E-state index contributed by atoms with van der Waals surface area (Å²) in [5.74, 6) is 0.819. The Bertz CT molecular complexity index is 479. The van der Waals surface area contributed by atoms with Crippen molar-refractivity contribution < 1.29 is 9.53 Å². The molecule has 0 atom stereocenters. The van der Waals surface area contributed by atoms with Crippen molar-refractivity contribution in [3.63, 3.8) is 0 Å². The van der Waals surface area contributed by atoms with Crippen LogP contribution < -0.4 is 10.7 Å². The number of nitrogens with zero attached hydrogens (tertiary/aromatic N) is 4. The fourth-order valence-electron chi connectivity index (χ4n) is 2.08. The molecule has 1 saturated heterocycles. The summed E-state index contributed by atoms with van der Waals surface area (Å²) in [4.78, 5) is 29.5. The predicted octanol–water partition coefficient (Wildman–Crippen LogP) is 0.346. The Balaban J connectivity index is 1.88. The maximum Gasteiger partial charge on any atom is 0.409 e. The summed E-state index contributed by atoms with van der Waals surface area (Å²) in [5, 5.41) is 5.67. The molecule has 0 aromatic carbocycles. The number of amides is 1. The van der Waals surface area contributed by atoms with Gasteiger partial charge in [0.15, 0.2) is 0 Å². The van der Waals surface area contributed by atoms with Crippen LogP contribution in [0.3, 0.4) is 0 Å². The van der Waals surface area contributed by atoms with Gasteiger partial charge in [0.25, 0.3) is 0 Å². The van der Waals surface area contributed by atoms with Crippen molar-refractivity contribution in [3.05, 3.63) is 28.8 Å². The molecule has 0 aromatic heterocycles. The van der Waals surface area contributed by atoms with Gasteiger partial charge in [-0.3, -0.25) is 4.99 Å². The lowest BCUT2D eigenvalue weighted by molar-refractivity contribution is 0.0857. The smallest absolute Gasteiger partial charge is 0.409 e. The zero-order valence-electron chi connectivity index (χ0n) is 11.8. The standard InChI is InChI=1S/C12H18N6O3/c1-2-21-12(19)18-5-3-17(4-6-18)11-9-13-7-10(15-11)8-14-16-20/h7-9,15H,2-6H2,1H3,(H,14,20). The Morgan fingerprint density at radius 2 is 2.29 bits per heavy atom. The van der Waals surface area contributed by atoms with Crippen molar-refractivity contribution >= 4 is 12.3 Å². The molecular weight excluding hydrogens is 276 g/mol. The molecule has 2 aliphatic heterocycles. The monoisotopic (exact) mass is 294 g/mol. The van der Waals surface area contributed by atoms with E-state index in [2.05, 4.69) is 25.9 Å². The first-order valence-electron chi connectivity index (χ1n) is 6.69. The van der Waals surface area contributed by atoms with Crippen molar-refractivity contribution in [2.75, 3.05) is 32.8 Å². The summed E-state index contributed by atoms with van der Waals surface area (Å²) in [6.07, 6.45) is 4.43. The molecule has 1 amide bonds. The first-order valence-corrected chi connectivity index (χ1v) is 6.69. The second-order valence-corrected chi connectivity index (χ2v) is 4.41. The van der Waals surface area contributed by atoms with Crippen LogP contribution in [0.2, 0.25) is 0 Å². The van der Waals surface area contributed by atoms with Gasteiger partial charge in [0.1, 0.15) is 5.82 Å². The molecule has 21 heavy (non-hydrogen) atoms. The lowest BCUT2D eigenvalue weighted by Gasteiger charge is -2.37. The molecule has 0 bridgehead atoms. The third kappa shape index (κ3) is 3.94. The van der Waals surface area contributed by atoms with E-state index in [1.165, 1.54) is 6.20 Å². The fraction of sp³-hybridized carbons (Fsp3) is 0.500. The van der Waals surface area contributed by atoms with Gasteiger partial charge in [-0.1, -0.05) is 0 Å². The number of nitroso groups, excluding NO2 is 1. The molecule has 0 saturated carbocycles. The fourth-order valence-corrected chi connectivity index (χ4v) is 2.08. The van der Waals surface area contributed by atoms with Crippen LogP contribution in [0, 0.1) is 4.91 Å². The van der Waals surface area contributed by atoms with Crippen LogP contribution >= 0.6 is 0 Å². The minimum atomic E-state index is -0.275. The van der Waals surface area contributed by atoms with Crippen molar-refractivity contribution in [2.24, 2.45) is 10.3 Å². The minimum absolute atomic E-state index is 0.275. The third-order valence-corrected chi connectivity index (χ3v) is 3.10. The molecule has 0 aliphatic carbocycles. The number of carbonyl (C=O) groups is 1. The van der Waals surface area contributed by atoms with E-state index >= 15 is 0 Å². The number of nitrogens with one attached hydrogen (secondary N) is 2. The summed E-state index contributed by atoms with van der Waals surface area (Å²) < 4.78 is 4.98. The minimum Gasteiger partial charge on any atom is -0.450 e. The van der Waals surface area contributed by atoms with Gasteiger partial charge < -0.3 is 19.9 Å². The highest BCUT2D eigenvalue weighted by molar-refractivity contribution is 5.79. The van der Waals surface area contributed by atoms with E-state index in [9.17, 15) is 9.70 Å². The second kappa shape index (κ2) is 7.27. The predicted molar refractivity (Wildman–Crippen MR) is 76.9 cm³/mol. The van der Waals surface area contributed by atoms with Gasteiger partial charge in [-0.05, 0) is 6.92 Å². The van der Waals surface area contributed by atoms with Gasteiger partial charge in [0.2, 0.25) is 0 Å². The third-order valence-electron chi connectivity index (χ3n) is 3.10. The molecule has 2 rings (SSSR count). The highest BCUT2D eigenvalue weighted by Crippen LogP contribution is 2.12. The lowest BCUT2D eigenvalue weighted by atomic mass is 10.3. The molecular formula is C12H18N6O3. The molecule has 9 nitrogen and oxygen atoms in total. The van der Waals surface area contributed by atoms with Gasteiger partial charge >= 0.3 is 6.09 Å². The molecule has 114 valence electrons. The molecule has 1 fully saturated rings. The number of ether oxygens (including phenoxy) is 1. The molecule has 0 aromatic rings. The number of carbonyl (C=O) groups excluding carboxylic acids is 1. The van der Waals surface area contributed by atoms with Gasteiger partial charge in [-0.2, -0.15) is 0 Å². The molecule has 2 heterocycles. The van der Waals surface area contributed by atoms with Crippen molar-refractivity contribution in [3.8, 4) is 0 Å². The van der Waals surface area contributed by atoms with E-state index in [0.717, 1.165) is 5.82 Å².